The zero-order valence-corrected chi connectivity index (χ0v) is 10.9. The molecule has 0 bridgehead atoms. The first-order chi connectivity index (χ1) is 7.74. The lowest BCUT2D eigenvalue weighted by molar-refractivity contribution is 0.414. The zero-order chi connectivity index (χ0) is 11.5. The molecule has 0 unspecified atom stereocenters. The molecule has 0 saturated carbocycles. The van der Waals surface area contributed by atoms with Crippen LogP contribution < -0.4 is 4.74 Å². The van der Waals surface area contributed by atoms with Gasteiger partial charge in [0.25, 0.3) is 0 Å². The third-order valence-corrected chi connectivity index (χ3v) is 3.03. The van der Waals surface area contributed by atoms with E-state index in [1.54, 1.807) is 13.3 Å². The van der Waals surface area contributed by atoms with Crippen molar-refractivity contribution in [2.24, 2.45) is 0 Å². The SMILES string of the molecule is COc1ccc(Br)c(-c2cnc(CCl)o2)c1. The van der Waals surface area contributed by atoms with Gasteiger partial charge in [-0.3, -0.25) is 0 Å². The van der Waals surface area contributed by atoms with Crippen LogP contribution >= 0.6 is 27.5 Å². The first-order valence-electron chi connectivity index (χ1n) is 4.59. The van der Waals surface area contributed by atoms with Crippen LogP contribution in [-0.2, 0) is 5.88 Å². The average Bonchev–Trinajstić information content (AvgIpc) is 2.78. The van der Waals surface area contributed by atoms with Crippen molar-refractivity contribution >= 4 is 27.5 Å². The summed E-state index contributed by atoms with van der Waals surface area (Å²) in [5.41, 5.74) is 0.892. The van der Waals surface area contributed by atoms with E-state index in [0.29, 0.717) is 11.7 Å². The second-order valence-electron chi connectivity index (χ2n) is 3.10. The van der Waals surface area contributed by atoms with E-state index in [9.17, 15) is 0 Å². The normalized spacial score (nSPS) is 10.4. The molecule has 2 rings (SSSR count). The van der Waals surface area contributed by atoms with Gasteiger partial charge >= 0.3 is 0 Å². The van der Waals surface area contributed by atoms with Gasteiger partial charge in [-0.2, -0.15) is 0 Å². The largest absolute Gasteiger partial charge is 0.497 e. The summed E-state index contributed by atoms with van der Waals surface area (Å²) in [5, 5.41) is 0. The molecule has 1 aromatic heterocycles. The number of hydrogen-bond acceptors (Lipinski definition) is 3. The summed E-state index contributed by atoms with van der Waals surface area (Å²) in [4.78, 5) is 4.05. The van der Waals surface area contributed by atoms with Crippen LogP contribution in [0.3, 0.4) is 0 Å². The Bertz CT molecular complexity index is 498. The van der Waals surface area contributed by atoms with E-state index in [4.69, 9.17) is 20.8 Å². The summed E-state index contributed by atoms with van der Waals surface area (Å²) < 4.78 is 11.5. The van der Waals surface area contributed by atoms with Gasteiger partial charge in [-0.1, -0.05) is 15.9 Å². The molecule has 0 radical (unpaired) electrons. The smallest absolute Gasteiger partial charge is 0.209 e. The van der Waals surface area contributed by atoms with E-state index >= 15 is 0 Å². The van der Waals surface area contributed by atoms with Gasteiger partial charge in [0.2, 0.25) is 5.89 Å². The lowest BCUT2D eigenvalue weighted by atomic mass is 10.2. The number of nitrogens with zero attached hydrogens (tertiary/aromatic N) is 1. The Kier molecular flexibility index (Phi) is 3.51. The maximum absolute atomic E-state index is 5.63. The third-order valence-electron chi connectivity index (χ3n) is 2.11. The fourth-order valence-corrected chi connectivity index (χ4v) is 1.88. The minimum atomic E-state index is 0.265. The maximum Gasteiger partial charge on any atom is 0.209 e. The fourth-order valence-electron chi connectivity index (χ4n) is 1.32. The van der Waals surface area contributed by atoms with E-state index < -0.39 is 0 Å². The summed E-state index contributed by atoms with van der Waals surface area (Å²) in [5.74, 6) is 2.21. The number of alkyl halides is 1. The van der Waals surface area contributed by atoms with Gasteiger partial charge < -0.3 is 9.15 Å². The predicted octanol–water partition coefficient (Wildman–Crippen LogP) is 3.85. The molecule has 0 saturated heterocycles. The number of hydrogen-bond donors (Lipinski definition) is 0. The maximum atomic E-state index is 5.63. The van der Waals surface area contributed by atoms with E-state index in [0.717, 1.165) is 15.8 Å². The molecule has 0 N–H and O–H groups in total. The summed E-state index contributed by atoms with van der Waals surface area (Å²) >= 11 is 9.08. The molecule has 1 aromatic carbocycles. The Balaban J connectivity index is 2.45. The van der Waals surface area contributed by atoms with Crippen LogP contribution in [0.25, 0.3) is 11.3 Å². The summed E-state index contributed by atoms with van der Waals surface area (Å²) in [7, 11) is 1.62. The Morgan fingerprint density at radius 3 is 2.94 bits per heavy atom. The highest BCUT2D eigenvalue weighted by atomic mass is 79.9. The molecular weight excluding hydrogens is 293 g/mol. The van der Waals surface area contributed by atoms with Gasteiger partial charge in [0.15, 0.2) is 5.76 Å². The van der Waals surface area contributed by atoms with Crippen LogP contribution in [0.2, 0.25) is 0 Å². The van der Waals surface area contributed by atoms with Crippen LogP contribution in [0, 0.1) is 0 Å². The van der Waals surface area contributed by atoms with E-state index in [1.165, 1.54) is 0 Å². The molecule has 0 atom stereocenters. The molecular formula is C11H9BrClNO2. The van der Waals surface area contributed by atoms with Crippen LogP contribution in [0.1, 0.15) is 5.89 Å². The van der Waals surface area contributed by atoms with Crippen molar-refractivity contribution in [3.8, 4) is 17.1 Å². The molecule has 0 aliphatic heterocycles. The molecule has 0 aliphatic carbocycles. The molecule has 0 aliphatic rings. The van der Waals surface area contributed by atoms with Crippen LogP contribution in [-0.4, -0.2) is 12.1 Å². The van der Waals surface area contributed by atoms with Crippen molar-refractivity contribution in [3.05, 3.63) is 34.8 Å². The molecule has 5 heteroatoms. The minimum Gasteiger partial charge on any atom is -0.497 e. The van der Waals surface area contributed by atoms with Gasteiger partial charge in [0.05, 0.1) is 19.2 Å². The Morgan fingerprint density at radius 2 is 2.31 bits per heavy atom. The number of aromatic nitrogens is 1. The topological polar surface area (TPSA) is 35.3 Å². The quantitative estimate of drug-likeness (QED) is 0.808. The van der Waals surface area contributed by atoms with Gasteiger partial charge in [-0.05, 0) is 18.2 Å². The number of ether oxygens (including phenoxy) is 1. The summed E-state index contributed by atoms with van der Waals surface area (Å²) in [6.45, 7) is 0. The number of methoxy groups -OCH3 is 1. The Labute approximate surface area is 107 Å². The van der Waals surface area contributed by atoms with Gasteiger partial charge in [-0.15, -0.1) is 11.6 Å². The van der Waals surface area contributed by atoms with Gasteiger partial charge in [0, 0.05) is 10.0 Å². The Morgan fingerprint density at radius 1 is 1.50 bits per heavy atom. The average molecular weight is 303 g/mol. The standard InChI is InChI=1S/C11H9BrClNO2/c1-15-7-2-3-9(12)8(4-7)10-6-14-11(5-13)16-10/h2-4,6H,5H2,1H3. The summed E-state index contributed by atoms with van der Waals surface area (Å²) in [6, 6.07) is 5.64. The monoisotopic (exact) mass is 301 g/mol. The molecule has 0 amide bonds. The molecule has 0 spiro atoms. The second-order valence-corrected chi connectivity index (χ2v) is 4.22. The highest BCUT2D eigenvalue weighted by molar-refractivity contribution is 9.10. The van der Waals surface area contributed by atoms with Crippen molar-refractivity contribution in [3.63, 3.8) is 0 Å². The minimum absolute atomic E-state index is 0.265. The van der Waals surface area contributed by atoms with E-state index in [2.05, 4.69) is 20.9 Å². The van der Waals surface area contributed by atoms with E-state index in [-0.39, 0.29) is 5.88 Å². The fraction of sp³-hybridized carbons (Fsp3) is 0.182. The van der Waals surface area contributed by atoms with E-state index in [1.807, 2.05) is 18.2 Å². The van der Waals surface area contributed by atoms with Crippen molar-refractivity contribution in [2.45, 2.75) is 5.88 Å². The molecule has 2 aromatic rings. The second kappa shape index (κ2) is 4.89. The highest BCUT2D eigenvalue weighted by Crippen LogP contribution is 2.32. The lowest BCUT2D eigenvalue weighted by Crippen LogP contribution is -1.84. The first kappa shape index (κ1) is 11.5. The van der Waals surface area contributed by atoms with Crippen molar-refractivity contribution in [1.82, 2.24) is 4.98 Å². The van der Waals surface area contributed by atoms with Crippen LogP contribution in [0.4, 0.5) is 0 Å². The van der Waals surface area contributed by atoms with Gasteiger partial charge in [-0.25, -0.2) is 4.98 Å². The molecule has 1 heterocycles. The number of halogens is 2. The van der Waals surface area contributed by atoms with Crippen molar-refractivity contribution in [1.29, 1.82) is 0 Å². The van der Waals surface area contributed by atoms with Crippen LogP contribution in [0.5, 0.6) is 5.75 Å². The Hall–Kier alpha value is -1.00. The van der Waals surface area contributed by atoms with Crippen molar-refractivity contribution < 1.29 is 9.15 Å². The van der Waals surface area contributed by atoms with Crippen LogP contribution in [0.15, 0.2) is 33.3 Å². The zero-order valence-electron chi connectivity index (χ0n) is 8.54. The summed E-state index contributed by atoms with van der Waals surface area (Å²) in [6.07, 6.45) is 1.65. The third kappa shape index (κ3) is 2.23. The molecule has 3 nitrogen and oxygen atoms in total. The molecule has 0 fully saturated rings. The highest BCUT2D eigenvalue weighted by Gasteiger charge is 2.10. The number of rotatable bonds is 3. The number of oxazole rings is 1. The number of benzene rings is 1. The molecule has 16 heavy (non-hydrogen) atoms. The molecule has 84 valence electrons. The van der Waals surface area contributed by atoms with Gasteiger partial charge in [0.1, 0.15) is 5.75 Å². The lowest BCUT2D eigenvalue weighted by Gasteiger charge is -2.04. The van der Waals surface area contributed by atoms with Crippen molar-refractivity contribution in [2.75, 3.05) is 7.11 Å². The predicted molar refractivity (Wildman–Crippen MR) is 65.7 cm³/mol. The first-order valence-corrected chi connectivity index (χ1v) is 5.92.